The summed E-state index contributed by atoms with van der Waals surface area (Å²) in [5.74, 6) is -2.16. The van der Waals surface area contributed by atoms with E-state index < -0.39 is 41.9 Å². The number of amides is 4. The summed E-state index contributed by atoms with van der Waals surface area (Å²) in [5, 5.41) is 16.3. The highest BCUT2D eigenvalue weighted by atomic mass is 16.2. The van der Waals surface area contributed by atoms with Gasteiger partial charge in [-0.2, -0.15) is 0 Å². The number of nitrogens with two attached hydrogens (primary N) is 4. The molecule has 0 bridgehead atoms. The van der Waals surface area contributed by atoms with Gasteiger partial charge in [0, 0.05) is 39.1 Å². The number of aliphatic imine (C=N–C) groups is 1. The van der Waals surface area contributed by atoms with E-state index in [1.807, 2.05) is 74.5 Å². The Labute approximate surface area is 294 Å². The smallest absolute Gasteiger partial charge is 0.245 e. The van der Waals surface area contributed by atoms with Crippen molar-refractivity contribution in [1.82, 2.24) is 25.8 Å². The Balaban J connectivity index is 1.79. The van der Waals surface area contributed by atoms with Crippen LogP contribution in [0.25, 0.3) is 0 Å². The molecule has 0 radical (unpaired) electrons. The lowest BCUT2D eigenvalue weighted by atomic mass is 10.00. The zero-order chi connectivity index (χ0) is 36.6. The molecule has 50 heavy (non-hydrogen) atoms. The van der Waals surface area contributed by atoms with Crippen molar-refractivity contribution in [3.8, 4) is 0 Å². The molecule has 0 aromatic heterocycles. The molecule has 4 amide bonds. The topological polar surface area (TPSA) is 251 Å². The van der Waals surface area contributed by atoms with Gasteiger partial charge in [0.25, 0.3) is 0 Å². The number of benzene rings is 2. The summed E-state index contributed by atoms with van der Waals surface area (Å²) in [5.41, 5.74) is 24.7. The zero-order valence-corrected chi connectivity index (χ0v) is 29.0. The second kappa shape index (κ2) is 19.7. The lowest BCUT2D eigenvalue weighted by Crippen LogP contribution is -2.59. The predicted molar refractivity (Wildman–Crippen MR) is 193 cm³/mol. The Kier molecular flexibility index (Phi) is 15.5. The van der Waals surface area contributed by atoms with Gasteiger partial charge in [-0.25, -0.2) is 0 Å². The SMILES string of the molecule is CC(C)C[C@@H](NC(=O)[C@@H](Cc1ccccc1)NC(=O)[C@H](N)Cc1ccccc1)C(=O)N[C@H](CCN=C(N)N)C(=O)N1CCCN(C(=N)N)CC1. The van der Waals surface area contributed by atoms with E-state index in [4.69, 9.17) is 28.3 Å². The first-order valence-corrected chi connectivity index (χ1v) is 17.0. The van der Waals surface area contributed by atoms with Crippen LogP contribution in [0.2, 0.25) is 0 Å². The number of carbonyl (C=O) groups excluding carboxylic acids is 4. The molecule has 1 saturated heterocycles. The minimum atomic E-state index is -1.03. The maximum Gasteiger partial charge on any atom is 0.245 e. The minimum Gasteiger partial charge on any atom is -0.370 e. The summed E-state index contributed by atoms with van der Waals surface area (Å²) in [6.45, 7) is 5.55. The normalized spacial score (nSPS) is 15.5. The number of hydrogen-bond acceptors (Lipinski definition) is 7. The molecular weight excluding hydrogens is 638 g/mol. The second-order valence-electron chi connectivity index (χ2n) is 12.9. The number of nitrogens with zero attached hydrogens (tertiary/aromatic N) is 3. The van der Waals surface area contributed by atoms with Gasteiger partial charge in [0.15, 0.2) is 11.9 Å². The standard InChI is InChI=1S/C35H53N11O4/c1-23(2)20-28(31(48)42-27(14-15-41-34(37)38)33(50)45-16-9-17-46(19-18-45)35(39)40)44-32(49)29(22-25-12-7-4-8-13-25)43-30(47)26(36)21-24-10-5-3-6-11-24/h3-8,10-13,23,26-29H,9,14-22,36H2,1-2H3,(H3,39,40)(H,42,48)(H,43,47)(H,44,49)(H4,37,38,41)/t26-,27-,28-,29-/m1/s1. The van der Waals surface area contributed by atoms with E-state index in [0.29, 0.717) is 32.6 Å². The molecule has 1 aliphatic heterocycles. The first-order valence-electron chi connectivity index (χ1n) is 17.0. The molecule has 272 valence electrons. The van der Waals surface area contributed by atoms with Gasteiger partial charge in [-0.05, 0) is 42.7 Å². The van der Waals surface area contributed by atoms with E-state index in [1.54, 1.807) is 9.80 Å². The lowest BCUT2D eigenvalue weighted by molar-refractivity contribution is -0.138. The van der Waals surface area contributed by atoms with Crippen molar-refractivity contribution in [2.24, 2.45) is 33.8 Å². The predicted octanol–water partition coefficient (Wildman–Crippen LogP) is -0.609. The third kappa shape index (κ3) is 13.0. The van der Waals surface area contributed by atoms with E-state index in [9.17, 15) is 19.2 Å². The van der Waals surface area contributed by atoms with Crippen LogP contribution in [0.15, 0.2) is 65.7 Å². The molecule has 15 heteroatoms. The molecule has 2 aromatic carbocycles. The molecule has 0 spiro atoms. The number of carbonyl (C=O) groups is 4. The zero-order valence-electron chi connectivity index (χ0n) is 29.0. The first-order chi connectivity index (χ1) is 23.8. The molecule has 1 heterocycles. The summed E-state index contributed by atoms with van der Waals surface area (Å²) in [4.78, 5) is 62.2. The quantitative estimate of drug-likeness (QED) is 0.0825. The molecule has 12 N–H and O–H groups in total. The Bertz CT molecular complexity index is 1450. The Morgan fingerprint density at radius 2 is 1.26 bits per heavy atom. The van der Waals surface area contributed by atoms with Gasteiger partial charge in [0.2, 0.25) is 23.6 Å². The van der Waals surface area contributed by atoms with E-state index in [1.165, 1.54) is 0 Å². The number of nitrogens with one attached hydrogen (secondary N) is 4. The fourth-order valence-electron chi connectivity index (χ4n) is 5.73. The number of guanidine groups is 2. The maximum atomic E-state index is 13.9. The Morgan fingerprint density at radius 3 is 1.84 bits per heavy atom. The van der Waals surface area contributed by atoms with Crippen molar-refractivity contribution in [3.05, 3.63) is 71.8 Å². The highest BCUT2D eigenvalue weighted by molar-refractivity contribution is 5.95. The maximum absolute atomic E-state index is 13.9. The van der Waals surface area contributed by atoms with E-state index >= 15 is 0 Å². The Morgan fingerprint density at radius 1 is 0.740 bits per heavy atom. The summed E-state index contributed by atoms with van der Waals surface area (Å²) in [7, 11) is 0. The summed E-state index contributed by atoms with van der Waals surface area (Å²) in [6.07, 6.45) is 1.42. The second-order valence-corrected chi connectivity index (χ2v) is 12.9. The first kappa shape index (κ1) is 39.3. The van der Waals surface area contributed by atoms with Crippen LogP contribution in [0.5, 0.6) is 0 Å². The van der Waals surface area contributed by atoms with Gasteiger partial charge in [-0.3, -0.25) is 29.6 Å². The molecule has 2 aromatic rings. The Hall–Kier alpha value is -5.18. The fourth-order valence-corrected chi connectivity index (χ4v) is 5.73. The van der Waals surface area contributed by atoms with E-state index in [0.717, 1.165) is 11.1 Å². The van der Waals surface area contributed by atoms with Crippen LogP contribution < -0.4 is 38.9 Å². The highest BCUT2D eigenvalue weighted by Gasteiger charge is 2.33. The lowest BCUT2D eigenvalue weighted by Gasteiger charge is -2.29. The highest BCUT2D eigenvalue weighted by Crippen LogP contribution is 2.12. The van der Waals surface area contributed by atoms with Crippen LogP contribution in [0, 0.1) is 11.3 Å². The summed E-state index contributed by atoms with van der Waals surface area (Å²) >= 11 is 0. The molecule has 0 unspecified atom stereocenters. The average Bonchev–Trinajstić information content (AvgIpc) is 3.34. The molecule has 1 fully saturated rings. The molecule has 15 nitrogen and oxygen atoms in total. The fraction of sp³-hybridized carbons (Fsp3) is 0.486. The molecule has 3 rings (SSSR count). The van der Waals surface area contributed by atoms with Crippen LogP contribution >= 0.6 is 0 Å². The molecular formula is C35H53N11O4. The molecule has 0 saturated carbocycles. The van der Waals surface area contributed by atoms with Crippen LogP contribution in [0.3, 0.4) is 0 Å². The van der Waals surface area contributed by atoms with Gasteiger partial charge in [0.05, 0.1) is 6.04 Å². The van der Waals surface area contributed by atoms with Crippen LogP contribution in [0.1, 0.15) is 44.2 Å². The largest absolute Gasteiger partial charge is 0.370 e. The van der Waals surface area contributed by atoms with Crippen molar-refractivity contribution in [2.75, 3.05) is 32.7 Å². The monoisotopic (exact) mass is 691 g/mol. The molecule has 4 atom stereocenters. The number of hydrogen-bond donors (Lipinski definition) is 8. The van der Waals surface area contributed by atoms with Gasteiger partial charge in [-0.15, -0.1) is 0 Å². The third-order valence-electron chi connectivity index (χ3n) is 8.37. The van der Waals surface area contributed by atoms with Crippen molar-refractivity contribution in [1.29, 1.82) is 5.41 Å². The van der Waals surface area contributed by atoms with Crippen molar-refractivity contribution in [2.45, 2.75) is 70.1 Å². The van der Waals surface area contributed by atoms with E-state index in [-0.39, 0.29) is 56.0 Å². The molecule has 1 aliphatic rings. The van der Waals surface area contributed by atoms with E-state index in [2.05, 4.69) is 20.9 Å². The van der Waals surface area contributed by atoms with Crippen molar-refractivity contribution in [3.63, 3.8) is 0 Å². The van der Waals surface area contributed by atoms with Crippen molar-refractivity contribution >= 4 is 35.5 Å². The minimum absolute atomic E-state index is 0.00790. The molecule has 0 aliphatic carbocycles. The summed E-state index contributed by atoms with van der Waals surface area (Å²) < 4.78 is 0. The van der Waals surface area contributed by atoms with Gasteiger partial charge in [-0.1, -0.05) is 74.5 Å². The van der Waals surface area contributed by atoms with Gasteiger partial charge in [0.1, 0.15) is 18.1 Å². The third-order valence-corrected chi connectivity index (χ3v) is 8.37. The van der Waals surface area contributed by atoms with Gasteiger partial charge < -0.3 is 48.7 Å². The average molecular weight is 692 g/mol. The van der Waals surface area contributed by atoms with Crippen molar-refractivity contribution < 1.29 is 19.2 Å². The van der Waals surface area contributed by atoms with Crippen LogP contribution in [0.4, 0.5) is 0 Å². The van der Waals surface area contributed by atoms with Crippen LogP contribution in [-0.2, 0) is 32.0 Å². The van der Waals surface area contributed by atoms with Crippen LogP contribution in [-0.4, -0.2) is 102 Å². The summed E-state index contributed by atoms with van der Waals surface area (Å²) in [6, 6.07) is 14.6. The number of rotatable bonds is 16. The van der Waals surface area contributed by atoms with Gasteiger partial charge >= 0.3 is 0 Å².